The molecule has 0 radical (unpaired) electrons. The topological polar surface area (TPSA) is 50.5 Å². The number of halogens is 1. The second kappa shape index (κ2) is 4.51. The Labute approximate surface area is 128 Å². The number of likely N-dealkylation sites (tertiary alicyclic amines) is 1. The second-order valence-electron chi connectivity index (χ2n) is 6.62. The Hall–Kier alpha value is -1.98. The summed E-state index contributed by atoms with van der Waals surface area (Å²) < 4.78 is 14.4. The molecule has 116 valence electrons. The van der Waals surface area contributed by atoms with Crippen molar-refractivity contribution in [2.24, 2.45) is 5.92 Å². The number of rotatable bonds is 2. The molecule has 2 aromatic rings. The van der Waals surface area contributed by atoms with Crippen LogP contribution in [0.5, 0.6) is 0 Å². The standard InChI is InChI=1S/C16H19FN4O/c1-10-14(11(2)21-13(19-10)3-5-18-21)15(22)20-6-4-16(20)7-12(8-16)9-17/h3,5,12H,4,6-9H2,1-2H3. The van der Waals surface area contributed by atoms with Crippen LogP contribution in [0.4, 0.5) is 4.39 Å². The third-order valence-corrected chi connectivity index (χ3v) is 5.33. The van der Waals surface area contributed by atoms with Gasteiger partial charge >= 0.3 is 0 Å². The molecule has 4 rings (SSSR count). The lowest BCUT2D eigenvalue weighted by molar-refractivity contribution is -0.0839. The molecule has 1 amide bonds. The van der Waals surface area contributed by atoms with Crippen molar-refractivity contribution in [1.29, 1.82) is 0 Å². The highest BCUT2D eigenvalue weighted by Crippen LogP contribution is 2.51. The normalized spacial score (nSPS) is 27.0. The first-order valence-electron chi connectivity index (χ1n) is 7.74. The van der Waals surface area contributed by atoms with Crippen LogP contribution in [0.3, 0.4) is 0 Å². The Kier molecular flexibility index (Phi) is 2.80. The average Bonchev–Trinajstić information content (AvgIpc) is 2.84. The minimum Gasteiger partial charge on any atom is -0.333 e. The number of aromatic nitrogens is 3. The Morgan fingerprint density at radius 2 is 2.23 bits per heavy atom. The van der Waals surface area contributed by atoms with Crippen molar-refractivity contribution in [3.8, 4) is 0 Å². The van der Waals surface area contributed by atoms with Crippen molar-refractivity contribution in [3.05, 3.63) is 29.2 Å². The summed E-state index contributed by atoms with van der Waals surface area (Å²) in [5.74, 6) is 0.146. The zero-order chi connectivity index (χ0) is 15.5. The maximum atomic E-state index is 13.0. The van der Waals surface area contributed by atoms with Gasteiger partial charge in [-0.25, -0.2) is 9.50 Å². The lowest BCUT2D eigenvalue weighted by atomic mass is 9.61. The van der Waals surface area contributed by atoms with Gasteiger partial charge in [0, 0.05) is 18.2 Å². The predicted molar refractivity (Wildman–Crippen MR) is 79.5 cm³/mol. The van der Waals surface area contributed by atoms with Gasteiger partial charge in [0.25, 0.3) is 5.91 Å². The highest BCUT2D eigenvalue weighted by molar-refractivity contribution is 5.97. The van der Waals surface area contributed by atoms with Crippen molar-refractivity contribution in [1.82, 2.24) is 19.5 Å². The van der Waals surface area contributed by atoms with E-state index >= 15 is 0 Å². The van der Waals surface area contributed by atoms with Gasteiger partial charge in [-0.15, -0.1) is 0 Å². The van der Waals surface area contributed by atoms with Gasteiger partial charge in [0.15, 0.2) is 5.65 Å². The smallest absolute Gasteiger partial charge is 0.258 e. The summed E-state index contributed by atoms with van der Waals surface area (Å²) in [4.78, 5) is 19.4. The van der Waals surface area contributed by atoms with Gasteiger partial charge in [-0.3, -0.25) is 9.18 Å². The number of nitrogens with zero attached hydrogens (tertiary/aromatic N) is 4. The van der Waals surface area contributed by atoms with E-state index in [1.165, 1.54) is 0 Å². The third kappa shape index (κ3) is 1.66. The second-order valence-corrected chi connectivity index (χ2v) is 6.62. The highest BCUT2D eigenvalue weighted by Gasteiger charge is 2.56. The maximum absolute atomic E-state index is 13.0. The van der Waals surface area contributed by atoms with E-state index in [4.69, 9.17) is 0 Å². The largest absolute Gasteiger partial charge is 0.333 e. The number of fused-ring (bicyclic) bond motifs is 1. The van der Waals surface area contributed by atoms with Gasteiger partial charge in [0.1, 0.15) is 0 Å². The molecule has 0 aromatic carbocycles. The molecule has 0 N–H and O–H groups in total. The number of aryl methyl sites for hydroxylation is 2. The zero-order valence-corrected chi connectivity index (χ0v) is 12.8. The van der Waals surface area contributed by atoms with Gasteiger partial charge in [0.2, 0.25) is 0 Å². The van der Waals surface area contributed by atoms with Crippen LogP contribution in [0, 0.1) is 19.8 Å². The van der Waals surface area contributed by atoms with E-state index < -0.39 is 0 Å². The molecule has 1 aliphatic carbocycles. The maximum Gasteiger partial charge on any atom is 0.258 e. The van der Waals surface area contributed by atoms with E-state index in [0.29, 0.717) is 5.56 Å². The SMILES string of the molecule is Cc1nc2ccnn2c(C)c1C(=O)N1CCC12CC(CF)C2. The van der Waals surface area contributed by atoms with E-state index in [2.05, 4.69) is 10.1 Å². The molecule has 3 heterocycles. The van der Waals surface area contributed by atoms with Crippen LogP contribution in [0.25, 0.3) is 5.65 Å². The van der Waals surface area contributed by atoms with Crippen molar-refractivity contribution in [2.45, 2.75) is 38.6 Å². The first-order valence-corrected chi connectivity index (χ1v) is 7.74. The summed E-state index contributed by atoms with van der Waals surface area (Å²) in [6.45, 7) is 4.25. The van der Waals surface area contributed by atoms with Crippen molar-refractivity contribution < 1.29 is 9.18 Å². The molecule has 0 unspecified atom stereocenters. The number of carbonyl (C=O) groups excluding carboxylic acids is 1. The predicted octanol–water partition coefficient (Wildman–Crippen LogP) is 2.31. The minimum absolute atomic E-state index is 0.0171. The Morgan fingerprint density at radius 3 is 2.86 bits per heavy atom. The summed E-state index contributed by atoms with van der Waals surface area (Å²) in [5.41, 5.74) is 2.86. The van der Waals surface area contributed by atoms with E-state index in [1.807, 2.05) is 24.8 Å². The third-order valence-electron chi connectivity index (χ3n) is 5.33. The van der Waals surface area contributed by atoms with E-state index in [9.17, 15) is 9.18 Å². The van der Waals surface area contributed by atoms with E-state index in [0.717, 1.165) is 42.8 Å². The Bertz CT molecular complexity index is 763. The molecule has 0 atom stereocenters. The zero-order valence-electron chi connectivity index (χ0n) is 12.8. The van der Waals surface area contributed by atoms with Crippen LogP contribution in [0.15, 0.2) is 12.3 Å². The summed E-state index contributed by atoms with van der Waals surface area (Å²) in [6, 6.07) is 1.83. The molecular weight excluding hydrogens is 283 g/mol. The monoisotopic (exact) mass is 302 g/mol. The van der Waals surface area contributed by atoms with Gasteiger partial charge in [-0.2, -0.15) is 5.10 Å². The molecule has 1 saturated carbocycles. The fraction of sp³-hybridized carbons (Fsp3) is 0.562. The van der Waals surface area contributed by atoms with E-state index in [-0.39, 0.29) is 24.0 Å². The summed E-state index contributed by atoms with van der Waals surface area (Å²) >= 11 is 0. The number of amides is 1. The van der Waals surface area contributed by atoms with Crippen LogP contribution >= 0.6 is 0 Å². The number of carbonyl (C=O) groups is 1. The van der Waals surface area contributed by atoms with Crippen LogP contribution < -0.4 is 0 Å². The molecule has 6 heteroatoms. The molecule has 2 fully saturated rings. The van der Waals surface area contributed by atoms with Crippen molar-refractivity contribution in [3.63, 3.8) is 0 Å². The highest BCUT2D eigenvalue weighted by atomic mass is 19.1. The summed E-state index contributed by atoms with van der Waals surface area (Å²) in [5, 5.41) is 4.24. The van der Waals surface area contributed by atoms with Gasteiger partial charge in [0.05, 0.1) is 29.8 Å². The molecule has 2 aromatic heterocycles. The van der Waals surface area contributed by atoms with Crippen LogP contribution in [-0.2, 0) is 0 Å². The lowest BCUT2D eigenvalue weighted by Gasteiger charge is -2.61. The van der Waals surface area contributed by atoms with Crippen LogP contribution in [-0.4, -0.2) is 44.2 Å². The fourth-order valence-corrected chi connectivity index (χ4v) is 4.08. The molecule has 1 spiro atoms. The molecule has 22 heavy (non-hydrogen) atoms. The van der Waals surface area contributed by atoms with Gasteiger partial charge in [-0.1, -0.05) is 0 Å². The van der Waals surface area contributed by atoms with E-state index in [1.54, 1.807) is 10.7 Å². The molecule has 2 aliphatic rings. The molecule has 5 nitrogen and oxygen atoms in total. The van der Waals surface area contributed by atoms with Gasteiger partial charge in [-0.05, 0) is 39.0 Å². The summed E-state index contributed by atoms with van der Waals surface area (Å²) in [7, 11) is 0. The number of hydrogen-bond acceptors (Lipinski definition) is 3. The average molecular weight is 302 g/mol. The summed E-state index contributed by atoms with van der Waals surface area (Å²) in [6.07, 6.45) is 4.27. The van der Waals surface area contributed by atoms with Crippen molar-refractivity contribution in [2.75, 3.05) is 13.2 Å². The lowest BCUT2D eigenvalue weighted by Crippen LogP contribution is -2.68. The van der Waals surface area contributed by atoms with Crippen LogP contribution in [0.2, 0.25) is 0 Å². The Morgan fingerprint density at radius 1 is 1.45 bits per heavy atom. The molecule has 1 aliphatic heterocycles. The molecular formula is C16H19FN4O. The number of hydrogen-bond donors (Lipinski definition) is 0. The molecule has 0 bridgehead atoms. The van der Waals surface area contributed by atoms with Gasteiger partial charge < -0.3 is 4.90 Å². The fourth-order valence-electron chi connectivity index (χ4n) is 4.08. The first kappa shape index (κ1) is 13.7. The molecule has 1 saturated heterocycles. The minimum atomic E-state index is -0.275. The van der Waals surface area contributed by atoms with Crippen LogP contribution in [0.1, 0.15) is 41.0 Å². The quantitative estimate of drug-likeness (QED) is 0.855. The Balaban J connectivity index is 1.69. The number of alkyl halides is 1. The van der Waals surface area contributed by atoms with Crippen molar-refractivity contribution >= 4 is 11.6 Å². The first-order chi connectivity index (χ1) is 10.6.